The van der Waals surface area contributed by atoms with Gasteiger partial charge in [0.1, 0.15) is 5.69 Å². The summed E-state index contributed by atoms with van der Waals surface area (Å²) in [6.45, 7) is 1.05. The van der Waals surface area contributed by atoms with E-state index in [1.807, 2.05) is 24.3 Å². The van der Waals surface area contributed by atoms with E-state index < -0.39 is 0 Å². The fourth-order valence-corrected chi connectivity index (χ4v) is 4.00. The summed E-state index contributed by atoms with van der Waals surface area (Å²) in [4.78, 5) is 13.9. The van der Waals surface area contributed by atoms with Gasteiger partial charge in [-0.05, 0) is 36.6 Å². The van der Waals surface area contributed by atoms with Gasteiger partial charge in [0, 0.05) is 13.6 Å². The van der Waals surface area contributed by atoms with Gasteiger partial charge in [-0.25, -0.2) is 4.68 Å². The monoisotopic (exact) mass is 389 g/mol. The number of nitrogens with zero attached hydrogens (tertiary/aromatic N) is 3. The van der Waals surface area contributed by atoms with Crippen LogP contribution < -0.4 is 11.1 Å². The lowest BCUT2D eigenvalue weighted by atomic mass is 9.99. The molecule has 136 valence electrons. The normalized spacial score (nSPS) is 12.1. The molecule has 0 saturated carbocycles. The molecular weight excluding hydrogens is 370 g/mol. The standard InChI is InChI=1S/C18H20ClN5OS/c1-24-16(17(19)22-23-24)14-7-8-15(26-14)18(25)21-11-13(10-20)9-12-5-3-2-4-6-12/h2-8,13H,9-11,20H2,1H3,(H,21,25). The molecule has 1 unspecified atom stereocenters. The number of halogens is 1. The summed E-state index contributed by atoms with van der Waals surface area (Å²) in [7, 11) is 1.77. The molecule has 0 radical (unpaired) electrons. The van der Waals surface area contributed by atoms with Crippen molar-refractivity contribution in [2.45, 2.75) is 6.42 Å². The molecule has 3 aromatic rings. The minimum absolute atomic E-state index is 0.112. The summed E-state index contributed by atoms with van der Waals surface area (Å²) in [5, 5.41) is 11.0. The van der Waals surface area contributed by atoms with E-state index in [4.69, 9.17) is 17.3 Å². The highest BCUT2D eigenvalue weighted by Crippen LogP contribution is 2.31. The van der Waals surface area contributed by atoms with E-state index in [0.717, 1.165) is 11.3 Å². The van der Waals surface area contributed by atoms with Crippen LogP contribution in [0.2, 0.25) is 5.15 Å². The molecule has 0 saturated heterocycles. The van der Waals surface area contributed by atoms with Crippen LogP contribution in [0.4, 0.5) is 0 Å². The zero-order valence-electron chi connectivity index (χ0n) is 14.4. The smallest absolute Gasteiger partial charge is 0.261 e. The predicted molar refractivity (Wildman–Crippen MR) is 104 cm³/mol. The molecule has 2 aromatic heterocycles. The largest absolute Gasteiger partial charge is 0.351 e. The van der Waals surface area contributed by atoms with Crippen LogP contribution in [0, 0.1) is 5.92 Å². The average molecular weight is 390 g/mol. The van der Waals surface area contributed by atoms with Gasteiger partial charge in [0.15, 0.2) is 5.15 Å². The lowest BCUT2D eigenvalue weighted by Crippen LogP contribution is -2.33. The highest BCUT2D eigenvalue weighted by molar-refractivity contribution is 7.17. The quantitative estimate of drug-likeness (QED) is 0.650. The van der Waals surface area contributed by atoms with Crippen LogP contribution >= 0.6 is 22.9 Å². The van der Waals surface area contributed by atoms with Crippen LogP contribution in [0.5, 0.6) is 0 Å². The molecule has 0 fully saturated rings. The highest BCUT2D eigenvalue weighted by atomic mass is 35.5. The molecule has 0 bridgehead atoms. The number of hydrogen-bond donors (Lipinski definition) is 2. The number of thiophene rings is 1. The zero-order chi connectivity index (χ0) is 18.5. The Labute approximate surface area is 161 Å². The number of carbonyl (C=O) groups excluding carboxylic acids is 1. The second-order valence-corrected chi connectivity index (χ2v) is 7.46. The van der Waals surface area contributed by atoms with Crippen molar-refractivity contribution in [3.63, 3.8) is 0 Å². The van der Waals surface area contributed by atoms with Crippen LogP contribution in [0.15, 0.2) is 42.5 Å². The van der Waals surface area contributed by atoms with Gasteiger partial charge in [0.2, 0.25) is 0 Å². The SMILES string of the molecule is Cn1nnc(Cl)c1-c1ccc(C(=O)NCC(CN)Cc2ccccc2)s1. The third-order valence-electron chi connectivity index (χ3n) is 4.10. The predicted octanol–water partition coefficient (Wildman–Crippen LogP) is 2.74. The number of aryl methyl sites for hydroxylation is 1. The van der Waals surface area contributed by atoms with Gasteiger partial charge in [-0.15, -0.1) is 16.4 Å². The number of aromatic nitrogens is 3. The Balaban J connectivity index is 1.61. The summed E-state index contributed by atoms with van der Waals surface area (Å²) < 4.78 is 1.60. The number of hydrogen-bond acceptors (Lipinski definition) is 5. The van der Waals surface area contributed by atoms with Gasteiger partial charge in [0.05, 0.1) is 9.75 Å². The molecule has 1 aromatic carbocycles. The fourth-order valence-electron chi connectivity index (χ4n) is 2.69. The Hall–Kier alpha value is -2.22. The van der Waals surface area contributed by atoms with Crippen molar-refractivity contribution in [2.24, 2.45) is 18.7 Å². The molecule has 0 aliphatic carbocycles. The first kappa shape index (κ1) is 18.6. The van der Waals surface area contributed by atoms with Gasteiger partial charge < -0.3 is 11.1 Å². The molecule has 2 heterocycles. The molecule has 6 nitrogen and oxygen atoms in total. The number of rotatable bonds is 7. The summed E-state index contributed by atoms with van der Waals surface area (Å²) in [5.74, 6) is 0.0792. The molecule has 8 heteroatoms. The minimum Gasteiger partial charge on any atom is -0.351 e. The molecule has 3 rings (SSSR count). The molecule has 1 atom stereocenters. The van der Waals surface area contributed by atoms with Crippen LogP contribution in [-0.2, 0) is 13.5 Å². The Bertz CT molecular complexity index is 857. The first-order valence-corrected chi connectivity index (χ1v) is 9.45. The van der Waals surface area contributed by atoms with Gasteiger partial charge in [-0.1, -0.05) is 47.1 Å². The maximum Gasteiger partial charge on any atom is 0.261 e. The van der Waals surface area contributed by atoms with Crippen molar-refractivity contribution >= 4 is 28.8 Å². The van der Waals surface area contributed by atoms with Gasteiger partial charge in [0.25, 0.3) is 5.91 Å². The maximum atomic E-state index is 12.5. The van der Waals surface area contributed by atoms with Gasteiger partial charge >= 0.3 is 0 Å². The molecule has 0 spiro atoms. The number of nitrogens with one attached hydrogen (secondary N) is 1. The van der Waals surface area contributed by atoms with E-state index in [0.29, 0.717) is 28.8 Å². The first-order chi connectivity index (χ1) is 12.6. The second-order valence-electron chi connectivity index (χ2n) is 6.02. The van der Waals surface area contributed by atoms with Crippen molar-refractivity contribution in [3.05, 3.63) is 58.1 Å². The Morgan fingerprint density at radius 3 is 2.73 bits per heavy atom. The molecule has 26 heavy (non-hydrogen) atoms. The molecular formula is C18H20ClN5OS. The minimum atomic E-state index is -0.112. The third kappa shape index (κ3) is 4.30. The van der Waals surface area contributed by atoms with E-state index in [1.54, 1.807) is 17.8 Å². The maximum absolute atomic E-state index is 12.5. The van der Waals surface area contributed by atoms with Crippen molar-refractivity contribution in [3.8, 4) is 10.6 Å². The van der Waals surface area contributed by atoms with Gasteiger partial charge in [-0.3, -0.25) is 4.79 Å². The van der Waals surface area contributed by atoms with Crippen molar-refractivity contribution < 1.29 is 4.79 Å². The third-order valence-corrected chi connectivity index (χ3v) is 5.45. The van der Waals surface area contributed by atoms with Crippen molar-refractivity contribution in [2.75, 3.05) is 13.1 Å². The van der Waals surface area contributed by atoms with Crippen LogP contribution in [-0.4, -0.2) is 34.0 Å². The molecule has 0 aliphatic rings. The summed E-state index contributed by atoms with van der Waals surface area (Å²) in [6, 6.07) is 13.8. The van der Waals surface area contributed by atoms with E-state index >= 15 is 0 Å². The number of nitrogens with two attached hydrogens (primary N) is 1. The van der Waals surface area contributed by atoms with Gasteiger partial charge in [-0.2, -0.15) is 0 Å². The second kappa shape index (κ2) is 8.44. The number of amides is 1. The highest BCUT2D eigenvalue weighted by Gasteiger charge is 2.17. The van der Waals surface area contributed by atoms with E-state index in [2.05, 4.69) is 27.8 Å². The van der Waals surface area contributed by atoms with E-state index in [9.17, 15) is 4.79 Å². The van der Waals surface area contributed by atoms with Crippen LogP contribution in [0.25, 0.3) is 10.6 Å². The summed E-state index contributed by atoms with van der Waals surface area (Å²) in [6.07, 6.45) is 0.837. The Morgan fingerprint density at radius 2 is 2.08 bits per heavy atom. The molecule has 0 aliphatic heterocycles. The van der Waals surface area contributed by atoms with Crippen LogP contribution in [0.1, 0.15) is 15.2 Å². The Kier molecular flexibility index (Phi) is 6.03. The lowest BCUT2D eigenvalue weighted by Gasteiger charge is -2.15. The Morgan fingerprint density at radius 1 is 1.31 bits per heavy atom. The summed E-state index contributed by atoms with van der Waals surface area (Å²) >= 11 is 7.43. The van der Waals surface area contributed by atoms with Crippen molar-refractivity contribution in [1.82, 2.24) is 20.3 Å². The number of benzene rings is 1. The average Bonchev–Trinajstić information content (AvgIpc) is 3.25. The van der Waals surface area contributed by atoms with Crippen molar-refractivity contribution in [1.29, 1.82) is 0 Å². The summed E-state index contributed by atoms with van der Waals surface area (Å²) in [5.41, 5.74) is 7.79. The molecule has 3 N–H and O–H groups in total. The first-order valence-electron chi connectivity index (χ1n) is 8.26. The fraction of sp³-hybridized carbons (Fsp3) is 0.278. The topological polar surface area (TPSA) is 85.8 Å². The van der Waals surface area contributed by atoms with Crippen LogP contribution in [0.3, 0.4) is 0 Å². The zero-order valence-corrected chi connectivity index (χ0v) is 15.9. The molecule has 1 amide bonds. The lowest BCUT2D eigenvalue weighted by molar-refractivity contribution is 0.0951. The van der Waals surface area contributed by atoms with E-state index in [1.165, 1.54) is 16.9 Å². The van der Waals surface area contributed by atoms with E-state index in [-0.39, 0.29) is 11.8 Å². The number of carbonyl (C=O) groups is 1.